The van der Waals surface area contributed by atoms with Crippen molar-refractivity contribution in [2.45, 2.75) is 26.3 Å². The van der Waals surface area contributed by atoms with Crippen LogP contribution in [-0.2, 0) is 0 Å². The van der Waals surface area contributed by atoms with E-state index in [1.165, 1.54) is 5.56 Å². The van der Waals surface area contributed by atoms with E-state index in [-0.39, 0.29) is 6.04 Å². The molecule has 0 spiro atoms. The van der Waals surface area contributed by atoms with Crippen LogP contribution in [0.5, 0.6) is 0 Å². The van der Waals surface area contributed by atoms with E-state index in [1.807, 2.05) is 19.1 Å². The molecule has 1 aromatic heterocycles. The van der Waals surface area contributed by atoms with E-state index in [2.05, 4.69) is 34.7 Å². The summed E-state index contributed by atoms with van der Waals surface area (Å²) in [4.78, 5) is 4.59. The molecule has 96 valence electrons. The highest BCUT2D eigenvalue weighted by Gasteiger charge is 2.15. The molecule has 0 bridgehead atoms. The highest BCUT2D eigenvalue weighted by molar-refractivity contribution is 7.09. The summed E-state index contributed by atoms with van der Waals surface area (Å²) in [6.45, 7) is 5.18. The monoisotopic (exact) mass is 280 g/mol. The van der Waals surface area contributed by atoms with Crippen molar-refractivity contribution in [2.24, 2.45) is 0 Å². The van der Waals surface area contributed by atoms with Crippen LogP contribution < -0.4 is 5.32 Å². The zero-order valence-electron chi connectivity index (χ0n) is 10.6. The average molecular weight is 281 g/mol. The van der Waals surface area contributed by atoms with Crippen LogP contribution in [0.15, 0.2) is 29.6 Å². The number of hydrogen-bond acceptors (Lipinski definition) is 3. The molecular formula is C14H17ClN2S. The number of benzene rings is 1. The van der Waals surface area contributed by atoms with E-state index in [4.69, 9.17) is 11.6 Å². The summed E-state index contributed by atoms with van der Waals surface area (Å²) >= 11 is 7.62. The molecule has 1 heterocycles. The molecule has 0 aliphatic carbocycles. The lowest BCUT2D eigenvalue weighted by Crippen LogP contribution is -2.23. The number of thiazole rings is 1. The Bertz CT molecular complexity index is 493. The third-order valence-corrected chi connectivity index (χ3v) is 3.78. The van der Waals surface area contributed by atoms with Crippen molar-refractivity contribution in [2.75, 3.05) is 6.54 Å². The highest BCUT2D eigenvalue weighted by Crippen LogP contribution is 2.24. The predicted molar refractivity (Wildman–Crippen MR) is 78.4 cm³/mol. The molecule has 18 heavy (non-hydrogen) atoms. The van der Waals surface area contributed by atoms with Crippen molar-refractivity contribution in [3.8, 4) is 0 Å². The number of halogens is 1. The summed E-state index contributed by atoms with van der Waals surface area (Å²) in [5.41, 5.74) is 2.30. The van der Waals surface area contributed by atoms with Gasteiger partial charge in [-0.1, -0.05) is 30.7 Å². The maximum absolute atomic E-state index is 5.94. The summed E-state index contributed by atoms with van der Waals surface area (Å²) in [5.74, 6) is 0. The van der Waals surface area contributed by atoms with Gasteiger partial charge < -0.3 is 5.32 Å². The van der Waals surface area contributed by atoms with Gasteiger partial charge in [-0.25, -0.2) is 4.98 Å². The van der Waals surface area contributed by atoms with Crippen molar-refractivity contribution in [3.63, 3.8) is 0 Å². The molecule has 0 amide bonds. The number of nitrogens with one attached hydrogen (secondary N) is 1. The topological polar surface area (TPSA) is 24.9 Å². The summed E-state index contributed by atoms with van der Waals surface area (Å²) in [7, 11) is 0. The zero-order valence-corrected chi connectivity index (χ0v) is 12.2. The van der Waals surface area contributed by atoms with Crippen LogP contribution in [0.1, 0.15) is 35.7 Å². The Morgan fingerprint density at radius 2 is 2.06 bits per heavy atom. The molecule has 0 aliphatic heterocycles. The van der Waals surface area contributed by atoms with E-state index in [0.717, 1.165) is 28.7 Å². The minimum atomic E-state index is 0.159. The van der Waals surface area contributed by atoms with Gasteiger partial charge in [0.05, 0.1) is 16.7 Å². The lowest BCUT2D eigenvalue weighted by Gasteiger charge is -2.17. The van der Waals surface area contributed by atoms with Gasteiger partial charge in [0.25, 0.3) is 0 Å². The molecule has 1 aromatic carbocycles. The molecule has 1 N–H and O–H groups in total. The van der Waals surface area contributed by atoms with Crippen molar-refractivity contribution in [1.29, 1.82) is 0 Å². The number of nitrogens with zero attached hydrogens (tertiary/aromatic N) is 1. The van der Waals surface area contributed by atoms with Crippen LogP contribution >= 0.6 is 22.9 Å². The maximum atomic E-state index is 5.94. The number of aromatic nitrogens is 1. The van der Waals surface area contributed by atoms with Crippen LogP contribution in [0.4, 0.5) is 0 Å². The summed E-state index contributed by atoms with van der Waals surface area (Å²) < 4.78 is 0. The minimum absolute atomic E-state index is 0.159. The fourth-order valence-corrected chi connectivity index (χ4v) is 2.61. The third-order valence-electron chi connectivity index (χ3n) is 2.73. The van der Waals surface area contributed by atoms with Gasteiger partial charge >= 0.3 is 0 Å². The molecule has 0 fully saturated rings. The molecule has 2 nitrogen and oxygen atoms in total. The van der Waals surface area contributed by atoms with E-state index < -0.39 is 0 Å². The Hall–Kier alpha value is -0.900. The van der Waals surface area contributed by atoms with Crippen LogP contribution in [0.2, 0.25) is 5.02 Å². The Kier molecular flexibility index (Phi) is 4.75. The van der Waals surface area contributed by atoms with Crippen molar-refractivity contribution >= 4 is 22.9 Å². The molecular weight excluding hydrogens is 264 g/mol. The van der Waals surface area contributed by atoms with E-state index >= 15 is 0 Å². The van der Waals surface area contributed by atoms with Crippen LogP contribution in [0.3, 0.4) is 0 Å². The molecule has 1 unspecified atom stereocenters. The Labute approximate surface area is 117 Å². The van der Waals surface area contributed by atoms with Gasteiger partial charge in [0.2, 0.25) is 0 Å². The van der Waals surface area contributed by atoms with Crippen LogP contribution in [-0.4, -0.2) is 11.5 Å². The van der Waals surface area contributed by atoms with Gasteiger partial charge in [0.15, 0.2) is 0 Å². The average Bonchev–Trinajstić information content (AvgIpc) is 2.78. The first-order valence-corrected chi connectivity index (χ1v) is 7.37. The van der Waals surface area contributed by atoms with Gasteiger partial charge in [0.1, 0.15) is 0 Å². The summed E-state index contributed by atoms with van der Waals surface area (Å²) in [6, 6.07) is 8.13. The third kappa shape index (κ3) is 3.31. The van der Waals surface area contributed by atoms with E-state index in [1.54, 1.807) is 11.3 Å². The molecule has 0 saturated heterocycles. The minimum Gasteiger partial charge on any atom is -0.305 e. The quantitative estimate of drug-likeness (QED) is 0.888. The van der Waals surface area contributed by atoms with Crippen LogP contribution in [0.25, 0.3) is 0 Å². The van der Waals surface area contributed by atoms with Crippen molar-refractivity contribution in [1.82, 2.24) is 10.3 Å². The molecule has 4 heteroatoms. The molecule has 0 saturated carbocycles. The fraction of sp³-hybridized carbons (Fsp3) is 0.357. The van der Waals surface area contributed by atoms with E-state index in [0.29, 0.717) is 0 Å². The predicted octanol–water partition coefficient (Wildman–Crippen LogP) is 4.19. The SMILES string of the molecule is CCCNC(c1ccc(Cl)cc1)c1csc(C)n1. The molecule has 2 aromatic rings. The lowest BCUT2D eigenvalue weighted by molar-refractivity contribution is 0.588. The number of hydrogen-bond donors (Lipinski definition) is 1. The number of aryl methyl sites for hydroxylation is 1. The van der Waals surface area contributed by atoms with Gasteiger partial charge in [-0.15, -0.1) is 11.3 Å². The normalized spacial score (nSPS) is 12.6. The lowest BCUT2D eigenvalue weighted by atomic mass is 10.0. The van der Waals surface area contributed by atoms with E-state index in [9.17, 15) is 0 Å². The fourth-order valence-electron chi connectivity index (χ4n) is 1.85. The highest BCUT2D eigenvalue weighted by atomic mass is 35.5. The molecule has 0 aliphatic rings. The van der Waals surface area contributed by atoms with Gasteiger partial charge in [-0.2, -0.15) is 0 Å². The van der Waals surface area contributed by atoms with Gasteiger partial charge in [-0.3, -0.25) is 0 Å². The smallest absolute Gasteiger partial charge is 0.0898 e. The van der Waals surface area contributed by atoms with Crippen LogP contribution in [0, 0.1) is 6.92 Å². The van der Waals surface area contributed by atoms with Crippen molar-refractivity contribution < 1.29 is 0 Å². The Balaban J connectivity index is 2.27. The first-order chi connectivity index (χ1) is 8.70. The molecule has 2 rings (SSSR count). The largest absolute Gasteiger partial charge is 0.305 e. The van der Waals surface area contributed by atoms with Gasteiger partial charge in [0, 0.05) is 10.4 Å². The second-order valence-electron chi connectivity index (χ2n) is 4.23. The Morgan fingerprint density at radius 3 is 2.61 bits per heavy atom. The van der Waals surface area contributed by atoms with Crippen molar-refractivity contribution in [3.05, 3.63) is 50.9 Å². The summed E-state index contributed by atoms with van der Waals surface area (Å²) in [6.07, 6.45) is 1.10. The second-order valence-corrected chi connectivity index (χ2v) is 5.73. The maximum Gasteiger partial charge on any atom is 0.0898 e. The summed E-state index contributed by atoms with van der Waals surface area (Å²) in [5, 5.41) is 7.52. The Morgan fingerprint density at radius 1 is 1.33 bits per heavy atom. The first kappa shape index (κ1) is 13.5. The standard InChI is InChI=1S/C14H17ClN2S/c1-3-8-16-14(13-9-18-10(2)17-13)11-4-6-12(15)7-5-11/h4-7,9,14,16H,3,8H2,1-2H3. The first-order valence-electron chi connectivity index (χ1n) is 6.11. The number of rotatable bonds is 5. The zero-order chi connectivity index (χ0) is 13.0. The van der Waals surface area contributed by atoms with Gasteiger partial charge in [-0.05, 0) is 37.6 Å². The molecule has 1 atom stereocenters. The molecule has 0 radical (unpaired) electrons. The second kappa shape index (κ2) is 6.32.